The van der Waals surface area contributed by atoms with E-state index in [1.165, 1.54) is 27.8 Å². The topological polar surface area (TPSA) is 21.3 Å². The average Bonchev–Trinajstić information content (AvgIpc) is 2.76. The molecule has 144 valence electrons. The van der Waals surface area contributed by atoms with Crippen molar-refractivity contribution in [3.8, 4) is 5.75 Å². The SMILES string of the molecule is CCC/C(=C(\c1ccccc1)c1ccc(OCCNC)cc1)c1ccccc1. The molecule has 2 nitrogen and oxygen atoms in total. The third kappa shape index (κ3) is 5.11. The first-order valence-corrected chi connectivity index (χ1v) is 10.0. The minimum atomic E-state index is 0.669. The van der Waals surface area contributed by atoms with Crippen molar-refractivity contribution < 1.29 is 4.74 Å². The first-order chi connectivity index (χ1) is 13.8. The maximum absolute atomic E-state index is 5.80. The maximum atomic E-state index is 5.80. The molecular weight excluding hydrogens is 342 g/mol. The Kier molecular flexibility index (Phi) is 7.45. The van der Waals surface area contributed by atoms with Crippen molar-refractivity contribution in [1.29, 1.82) is 0 Å². The molecule has 0 spiro atoms. The zero-order chi connectivity index (χ0) is 19.6. The van der Waals surface area contributed by atoms with Gasteiger partial charge >= 0.3 is 0 Å². The van der Waals surface area contributed by atoms with Crippen LogP contribution in [0.2, 0.25) is 0 Å². The molecule has 0 radical (unpaired) electrons. The van der Waals surface area contributed by atoms with Crippen LogP contribution in [0.4, 0.5) is 0 Å². The fraction of sp³-hybridized carbons (Fsp3) is 0.231. The molecule has 0 aromatic heterocycles. The summed E-state index contributed by atoms with van der Waals surface area (Å²) in [5.74, 6) is 0.906. The van der Waals surface area contributed by atoms with Crippen LogP contribution >= 0.6 is 0 Å². The van der Waals surface area contributed by atoms with Gasteiger partial charge in [0.2, 0.25) is 0 Å². The average molecular weight is 372 g/mol. The van der Waals surface area contributed by atoms with Crippen molar-refractivity contribution in [1.82, 2.24) is 5.32 Å². The van der Waals surface area contributed by atoms with Crippen LogP contribution < -0.4 is 10.1 Å². The number of hydrogen-bond donors (Lipinski definition) is 1. The smallest absolute Gasteiger partial charge is 0.119 e. The molecule has 0 aliphatic heterocycles. The van der Waals surface area contributed by atoms with Crippen molar-refractivity contribution in [2.75, 3.05) is 20.2 Å². The molecule has 0 saturated carbocycles. The molecule has 0 fully saturated rings. The zero-order valence-electron chi connectivity index (χ0n) is 16.8. The lowest BCUT2D eigenvalue weighted by atomic mass is 9.87. The van der Waals surface area contributed by atoms with E-state index in [1.807, 2.05) is 7.05 Å². The van der Waals surface area contributed by atoms with Crippen LogP contribution in [0, 0.1) is 0 Å². The summed E-state index contributed by atoms with van der Waals surface area (Å²) < 4.78 is 5.80. The summed E-state index contributed by atoms with van der Waals surface area (Å²) in [6, 6.07) is 29.9. The molecule has 0 unspecified atom stereocenters. The summed E-state index contributed by atoms with van der Waals surface area (Å²) in [5, 5.41) is 3.10. The van der Waals surface area contributed by atoms with Gasteiger partial charge in [0.25, 0.3) is 0 Å². The number of hydrogen-bond acceptors (Lipinski definition) is 2. The van der Waals surface area contributed by atoms with E-state index in [-0.39, 0.29) is 0 Å². The molecule has 1 N–H and O–H groups in total. The minimum Gasteiger partial charge on any atom is -0.492 e. The number of rotatable bonds is 9. The van der Waals surface area contributed by atoms with Crippen LogP contribution in [0.5, 0.6) is 5.75 Å². The summed E-state index contributed by atoms with van der Waals surface area (Å²) in [5.41, 5.74) is 6.45. The number of allylic oxidation sites excluding steroid dienone is 1. The largest absolute Gasteiger partial charge is 0.492 e. The Morgan fingerprint density at radius 2 is 1.32 bits per heavy atom. The standard InChI is InChI=1S/C26H29NO/c1-3-10-25(21-11-6-4-7-12-21)26(22-13-8-5-9-14-22)23-15-17-24(18-16-23)28-20-19-27-2/h4-9,11-18,27H,3,10,19-20H2,1-2H3/b26-25-. The van der Waals surface area contributed by atoms with Crippen molar-refractivity contribution in [3.05, 3.63) is 102 Å². The normalized spacial score (nSPS) is 11.8. The summed E-state index contributed by atoms with van der Waals surface area (Å²) in [4.78, 5) is 0. The van der Waals surface area contributed by atoms with Gasteiger partial charge in [0.1, 0.15) is 12.4 Å². The van der Waals surface area contributed by atoms with Gasteiger partial charge in [0.15, 0.2) is 0 Å². The second kappa shape index (κ2) is 10.5. The van der Waals surface area contributed by atoms with E-state index in [9.17, 15) is 0 Å². The molecule has 0 saturated heterocycles. The highest BCUT2D eigenvalue weighted by Gasteiger charge is 2.13. The Bertz CT molecular complexity index is 867. The van der Waals surface area contributed by atoms with Gasteiger partial charge in [-0.1, -0.05) is 86.1 Å². The van der Waals surface area contributed by atoms with Crippen molar-refractivity contribution >= 4 is 11.1 Å². The molecular formula is C26H29NO. The zero-order valence-corrected chi connectivity index (χ0v) is 16.8. The summed E-state index contributed by atoms with van der Waals surface area (Å²) in [6.45, 7) is 3.75. The van der Waals surface area contributed by atoms with E-state index < -0.39 is 0 Å². The van der Waals surface area contributed by atoms with E-state index in [4.69, 9.17) is 4.74 Å². The molecule has 0 aliphatic carbocycles. The van der Waals surface area contributed by atoms with Gasteiger partial charge < -0.3 is 10.1 Å². The van der Waals surface area contributed by atoms with Crippen LogP contribution in [0.1, 0.15) is 36.5 Å². The lowest BCUT2D eigenvalue weighted by molar-refractivity contribution is 0.318. The lowest BCUT2D eigenvalue weighted by Gasteiger charge is -2.17. The molecule has 3 aromatic carbocycles. The van der Waals surface area contributed by atoms with E-state index in [2.05, 4.69) is 97.2 Å². The van der Waals surface area contributed by atoms with Gasteiger partial charge in [-0.05, 0) is 53.4 Å². The molecule has 0 bridgehead atoms. The Morgan fingerprint density at radius 1 is 0.750 bits per heavy atom. The first-order valence-electron chi connectivity index (χ1n) is 10.0. The van der Waals surface area contributed by atoms with Gasteiger partial charge in [0.05, 0.1) is 0 Å². The summed E-state index contributed by atoms with van der Waals surface area (Å²) in [7, 11) is 1.93. The van der Waals surface area contributed by atoms with E-state index in [0.29, 0.717) is 6.61 Å². The van der Waals surface area contributed by atoms with Gasteiger partial charge in [-0.25, -0.2) is 0 Å². The van der Waals surface area contributed by atoms with Gasteiger partial charge in [-0.2, -0.15) is 0 Å². The van der Waals surface area contributed by atoms with Crippen LogP contribution in [0.3, 0.4) is 0 Å². The maximum Gasteiger partial charge on any atom is 0.119 e. The Morgan fingerprint density at radius 3 is 1.89 bits per heavy atom. The third-order valence-electron chi connectivity index (χ3n) is 4.75. The molecule has 2 heteroatoms. The Balaban J connectivity index is 2.07. The highest BCUT2D eigenvalue weighted by Crippen LogP contribution is 2.35. The van der Waals surface area contributed by atoms with Crippen LogP contribution in [-0.2, 0) is 0 Å². The Hall–Kier alpha value is -2.84. The monoisotopic (exact) mass is 371 g/mol. The van der Waals surface area contributed by atoms with Gasteiger partial charge in [-0.15, -0.1) is 0 Å². The van der Waals surface area contributed by atoms with E-state index in [1.54, 1.807) is 0 Å². The van der Waals surface area contributed by atoms with Gasteiger partial charge in [-0.3, -0.25) is 0 Å². The van der Waals surface area contributed by atoms with Crippen molar-refractivity contribution in [2.45, 2.75) is 19.8 Å². The number of ether oxygens (including phenoxy) is 1. The lowest BCUT2D eigenvalue weighted by Crippen LogP contribution is -2.15. The predicted molar refractivity (Wildman–Crippen MR) is 120 cm³/mol. The second-order valence-corrected chi connectivity index (χ2v) is 6.81. The summed E-state index contributed by atoms with van der Waals surface area (Å²) >= 11 is 0. The Labute approximate surface area is 168 Å². The number of benzene rings is 3. The highest BCUT2D eigenvalue weighted by molar-refractivity contribution is 5.98. The van der Waals surface area contributed by atoms with Crippen molar-refractivity contribution in [2.24, 2.45) is 0 Å². The molecule has 3 rings (SSSR count). The quantitative estimate of drug-likeness (QED) is 0.365. The second-order valence-electron chi connectivity index (χ2n) is 6.81. The van der Waals surface area contributed by atoms with Crippen LogP contribution in [0.15, 0.2) is 84.9 Å². The van der Waals surface area contributed by atoms with E-state index >= 15 is 0 Å². The minimum absolute atomic E-state index is 0.669. The molecule has 0 heterocycles. The first kappa shape index (κ1) is 19.9. The van der Waals surface area contributed by atoms with Gasteiger partial charge in [0, 0.05) is 6.54 Å². The van der Waals surface area contributed by atoms with E-state index in [0.717, 1.165) is 25.1 Å². The molecule has 0 atom stereocenters. The summed E-state index contributed by atoms with van der Waals surface area (Å²) in [6.07, 6.45) is 2.14. The van der Waals surface area contributed by atoms with Crippen molar-refractivity contribution in [3.63, 3.8) is 0 Å². The molecule has 28 heavy (non-hydrogen) atoms. The molecule has 0 amide bonds. The van der Waals surface area contributed by atoms with Crippen LogP contribution in [-0.4, -0.2) is 20.2 Å². The molecule has 3 aromatic rings. The number of likely N-dealkylation sites (N-methyl/N-ethyl adjacent to an activating group) is 1. The predicted octanol–water partition coefficient (Wildman–Crippen LogP) is 6.04. The fourth-order valence-corrected chi connectivity index (χ4v) is 3.41. The van der Waals surface area contributed by atoms with Crippen LogP contribution in [0.25, 0.3) is 11.1 Å². The fourth-order valence-electron chi connectivity index (χ4n) is 3.41. The number of nitrogens with one attached hydrogen (secondary N) is 1. The molecule has 0 aliphatic rings. The third-order valence-corrected chi connectivity index (χ3v) is 4.75. The highest BCUT2D eigenvalue weighted by atomic mass is 16.5.